The summed E-state index contributed by atoms with van der Waals surface area (Å²) in [4.78, 5) is 26.5. The Kier molecular flexibility index (Phi) is 10.8. The molecule has 2 unspecified atom stereocenters. The fraction of sp³-hybridized carbons (Fsp3) is 0.562. The van der Waals surface area contributed by atoms with Gasteiger partial charge in [0.25, 0.3) is 0 Å². The van der Waals surface area contributed by atoms with Crippen molar-refractivity contribution < 1.29 is 28.9 Å². The molecular weight excluding hydrogens is 525 g/mol. The van der Waals surface area contributed by atoms with Crippen molar-refractivity contribution in [2.75, 3.05) is 39.8 Å². The molecule has 0 radical (unpaired) electrons. The third-order valence-electron chi connectivity index (χ3n) is 8.71. The van der Waals surface area contributed by atoms with Gasteiger partial charge < -0.3 is 30.5 Å². The van der Waals surface area contributed by atoms with Gasteiger partial charge in [0.2, 0.25) is 5.91 Å². The number of aryl methyl sites for hydroxylation is 1. The van der Waals surface area contributed by atoms with E-state index in [1.807, 2.05) is 38.2 Å². The number of halogens is 1. The van der Waals surface area contributed by atoms with Crippen LogP contribution in [0.25, 0.3) is 11.1 Å². The van der Waals surface area contributed by atoms with Gasteiger partial charge in [0.1, 0.15) is 17.5 Å². The number of nitrogens with one attached hydrogen (secondary N) is 2. The summed E-state index contributed by atoms with van der Waals surface area (Å²) in [5.74, 6) is 0.172. The van der Waals surface area contributed by atoms with Crippen molar-refractivity contribution in [1.29, 1.82) is 0 Å². The van der Waals surface area contributed by atoms with E-state index < -0.39 is 23.6 Å². The number of nitrogens with zero attached hydrogens (tertiary/aromatic N) is 1. The molecule has 1 saturated heterocycles. The van der Waals surface area contributed by atoms with Crippen molar-refractivity contribution in [3.05, 3.63) is 59.4 Å². The van der Waals surface area contributed by atoms with Crippen molar-refractivity contribution in [3.63, 3.8) is 0 Å². The Bertz CT molecular complexity index is 1190. The second-order valence-corrected chi connectivity index (χ2v) is 11.4. The number of rotatable bonds is 11. The van der Waals surface area contributed by atoms with Gasteiger partial charge in [0.05, 0.1) is 13.2 Å². The van der Waals surface area contributed by atoms with Crippen LogP contribution in [0.1, 0.15) is 56.6 Å². The quantitative estimate of drug-likeness (QED) is 0.296. The lowest BCUT2D eigenvalue weighted by Gasteiger charge is -2.44. The Labute approximate surface area is 242 Å². The molecule has 2 atom stereocenters. The first-order chi connectivity index (χ1) is 19.8. The highest BCUT2D eigenvalue weighted by Crippen LogP contribution is 2.41. The van der Waals surface area contributed by atoms with Gasteiger partial charge >= 0.3 is 6.09 Å². The third-order valence-corrected chi connectivity index (χ3v) is 8.71. The SMILES string of the molecule is CCc1cccc(-c2c(F)cccc2C(O)(CCCNC(=O)O)C2CN(C(=O)C3CCC(CNC)CC3)CCO2)c1. The summed E-state index contributed by atoms with van der Waals surface area (Å²) in [6.45, 7) is 4.00. The number of carbonyl (C=O) groups excluding carboxylic acids is 1. The van der Waals surface area contributed by atoms with E-state index in [2.05, 4.69) is 10.6 Å². The van der Waals surface area contributed by atoms with Crippen molar-refractivity contribution in [2.45, 2.75) is 63.6 Å². The van der Waals surface area contributed by atoms with Crippen molar-refractivity contribution in [3.8, 4) is 11.1 Å². The van der Waals surface area contributed by atoms with Gasteiger partial charge in [-0.1, -0.05) is 43.3 Å². The predicted octanol–water partition coefficient (Wildman–Crippen LogP) is 4.54. The van der Waals surface area contributed by atoms with E-state index in [0.29, 0.717) is 35.6 Å². The molecule has 2 aromatic carbocycles. The molecule has 1 heterocycles. The van der Waals surface area contributed by atoms with Gasteiger partial charge in [0, 0.05) is 24.6 Å². The minimum atomic E-state index is -1.66. The summed E-state index contributed by atoms with van der Waals surface area (Å²) in [7, 11) is 1.95. The molecule has 0 spiro atoms. The van der Waals surface area contributed by atoms with E-state index in [4.69, 9.17) is 9.84 Å². The fourth-order valence-corrected chi connectivity index (χ4v) is 6.45. The van der Waals surface area contributed by atoms with Crippen LogP contribution in [0, 0.1) is 17.7 Å². The molecule has 2 fully saturated rings. The molecule has 1 saturated carbocycles. The van der Waals surface area contributed by atoms with E-state index >= 15 is 4.39 Å². The number of hydrogen-bond acceptors (Lipinski definition) is 5. The van der Waals surface area contributed by atoms with Crippen LogP contribution in [0.2, 0.25) is 0 Å². The molecule has 9 heteroatoms. The summed E-state index contributed by atoms with van der Waals surface area (Å²) in [5, 5.41) is 27.1. The average Bonchev–Trinajstić information content (AvgIpc) is 2.99. The van der Waals surface area contributed by atoms with Crippen LogP contribution in [-0.4, -0.2) is 73.1 Å². The minimum absolute atomic E-state index is 0.0452. The molecule has 8 nitrogen and oxygen atoms in total. The molecule has 0 aromatic heterocycles. The smallest absolute Gasteiger partial charge is 0.404 e. The molecule has 2 aliphatic rings. The van der Waals surface area contributed by atoms with Crippen LogP contribution in [0.3, 0.4) is 0 Å². The lowest BCUT2D eigenvalue weighted by Crippen LogP contribution is -2.55. The third kappa shape index (κ3) is 7.45. The number of carbonyl (C=O) groups is 2. The van der Waals surface area contributed by atoms with Crippen LogP contribution in [0.4, 0.5) is 9.18 Å². The van der Waals surface area contributed by atoms with Gasteiger partial charge in [-0.3, -0.25) is 4.79 Å². The molecule has 1 aliphatic carbocycles. The lowest BCUT2D eigenvalue weighted by molar-refractivity contribution is -0.168. The second-order valence-electron chi connectivity index (χ2n) is 11.4. The fourth-order valence-electron chi connectivity index (χ4n) is 6.45. The maximum Gasteiger partial charge on any atom is 0.404 e. The second kappa shape index (κ2) is 14.2. The molecule has 224 valence electrons. The zero-order valence-electron chi connectivity index (χ0n) is 24.2. The summed E-state index contributed by atoms with van der Waals surface area (Å²) < 4.78 is 21.7. The molecule has 1 aliphatic heterocycles. The highest BCUT2D eigenvalue weighted by molar-refractivity contribution is 5.79. The maximum atomic E-state index is 15.6. The molecule has 41 heavy (non-hydrogen) atoms. The van der Waals surface area contributed by atoms with Gasteiger partial charge in [0.15, 0.2) is 0 Å². The van der Waals surface area contributed by atoms with Crippen LogP contribution < -0.4 is 10.6 Å². The Morgan fingerprint density at radius 1 is 1.15 bits per heavy atom. The first kappa shape index (κ1) is 30.9. The molecule has 4 rings (SSSR count). The minimum Gasteiger partial charge on any atom is -0.465 e. The van der Waals surface area contributed by atoms with E-state index in [-0.39, 0.29) is 37.9 Å². The number of amides is 2. The predicted molar refractivity (Wildman–Crippen MR) is 156 cm³/mol. The Morgan fingerprint density at radius 3 is 2.61 bits per heavy atom. The first-order valence-corrected chi connectivity index (χ1v) is 14.9. The summed E-state index contributed by atoms with van der Waals surface area (Å²) in [5.41, 5.74) is 0.713. The molecule has 0 bridgehead atoms. The number of carboxylic acid groups (broad SMARTS) is 1. The first-order valence-electron chi connectivity index (χ1n) is 14.9. The molecular formula is C32H44FN3O5. The molecule has 2 aromatic rings. The Balaban J connectivity index is 1.63. The van der Waals surface area contributed by atoms with Crippen LogP contribution in [0.5, 0.6) is 0 Å². The standard InChI is InChI=1S/C32H44FN3O5/c1-3-22-7-4-8-25(19-22)29-26(9-5-10-27(29)33)32(40,15-6-16-35-31(38)39)28-21-36(17-18-41-28)30(37)24-13-11-23(12-14-24)20-34-2/h4-5,7-10,19,23-24,28,34-35,40H,3,6,11-18,20-21H2,1-2H3,(H,38,39). The Hall–Kier alpha value is -3.01. The van der Waals surface area contributed by atoms with Gasteiger partial charge in [-0.25, -0.2) is 9.18 Å². The lowest BCUT2D eigenvalue weighted by atomic mass is 9.78. The highest BCUT2D eigenvalue weighted by atomic mass is 19.1. The topological polar surface area (TPSA) is 111 Å². The van der Waals surface area contributed by atoms with Gasteiger partial charge in [-0.2, -0.15) is 0 Å². The highest BCUT2D eigenvalue weighted by Gasteiger charge is 2.45. The largest absolute Gasteiger partial charge is 0.465 e. The average molecular weight is 570 g/mol. The number of benzene rings is 2. The van der Waals surface area contributed by atoms with Crippen LogP contribution in [-0.2, 0) is 21.6 Å². The van der Waals surface area contributed by atoms with E-state index in [1.165, 1.54) is 6.07 Å². The normalized spacial score (nSPS) is 22.6. The number of morpholine rings is 1. The van der Waals surface area contributed by atoms with E-state index in [0.717, 1.165) is 44.2 Å². The Morgan fingerprint density at radius 2 is 1.90 bits per heavy atom. The number of hydrogen-bond donors (Lipinski definition) is 4. The van der Waals surface area contributed by atoms with E-state index in [9.17, 15) is 14.7 Å². The van der Waals surface area contributed by atoms with Crippen molar-refractivity contribution in [1.82, 2.24) is 15.5 Å². The zero-order valence-corrected chi connectivity index (χ0v) is 24.2. The number of aliphatic hydroxyl groups is 1. The van der Waals surface area contributed by atoms with Gasteiger partial charge in [-0.15, -0.1) is 0 Å². The van der Waals surface area contributed by atoms with Crippen LogP contribution in [0.15, 0.2) is 42.5 Å². The molecule has 2 amide bonds. The van der Waals surface area contributed by atoms with E-state index in [1.54, 1.807) is 17.0 Å². The van der Waals surface area contributed by atoms with Gasteiger partial charge in [-0.05, 0) is 87.2 Å². The summed E-state index contributed by atoms with van der Waals surface area (Å²) in [6.07, 6.45) is 2.97. The summed E-state index contributed by atoms with van der Waals surface area (Å²) >= 11 is 0. The maximum absolute atomic E-state index is 15.6. The van der Waals surface area contributed by atoms with Crippen molar-refractivity contribution >= 4 is 12.0 Å². The van der Waals surface area contributed by atoms with Crippen molar-refractivity contribution in [2.24, 2.45) is 11.8 Å². The van der Waals surface area contributed by atoms with Crippen LogP contribution >= 0.6 is 0 Å². The number of ether oxygens (including phenoxy) is 1. The zero-order chi connectivity index (χ0) is 29.4. The monoisotopic (exact) mass is 569 g/mol. The molecule has 4 N–H and O–H groups in total. The summed E-state index contributed by atoms with van der Waals surface area (Å²) in [6, 6.07) is 12.3.